The minimum atomic E-state index is -3.95. The number of hydrogen-bond donors (Lipinski definition) is 4. The number of nitrogens with one attached hydrogen (secondary N) is 1. The molecule has 0 aliphatic heterocycles. The Hall–Kier alpha value is -4.53. The van der Waals surface area contributed by atoms with Gasteiger partial charge in [-0.05, 0) is 111 Å². The number of carboxylic acids is 2. The highest BCUT2D eigenvalue weighted by molar-refractivity contribution is 8.13. The van der Waals surface area contributed by atoms with Crippen molar-refractivity contribution in [2.24, 2.45) is 0 Å². The monoisotopic (exact) mass is 698 g/mol. The smallest absolute Gasteiger partial charge is 0.335 e. The first-order valence-corrected chi connectivity index (χ1v) is 16.5. The van der Waals surface area contributed by atoms with E-state index in [2.05, 4.69) is 4.72 Å². The Kier molecular flexibility index (Phi) is 13.9. The number of aryl methyl sites for hydroxylation is 4. The average Bonchev–Trinajstić information content (AvgIpc) is 2.94. The molecule has 4 aromatic rings. The molecule has 4 rings (SSSR count). The van der Waals surface area contributed by atoms with Gasteiger partial charge in [-0.3, -0.25) is 4.72 Å². The summed E-state index contributed by atoms with van der Waals surface area (Å²) < 4.78 is 74.9. The molecule has 0 unspecified atom stereocenters. The van der Waals surface area contributed by atoms with E-state index in [0.29, 0.717) is 27.9 Å². The van der Waals surface area contributed by atoms with Gasteiger partial charge in [0.15, 0.2) is 0 Å². The van der Waals surface area contributed by atoms with Gasteiger partial charge >= 0.3 is 11.9 Å². The lowest BCUT2D eigenvalue weighted by Gasteiger charge is -2.11. The molecule has 0 spiro atoms. The van der Waals surface area contributed by atoms with E-state index in [1.165, 1.54) is 62.4 Å². The fraction of sp³-hybridized carbons (Fsp3) is 0.161. The van der Waals surface area contributed by atoms with Gasteiger partial charge in [0.2, 0.25) is 0 Å². The van der Waals surface area contributed by atoms with Crippen molar-refractivity contribution in [1.82, 2.24) is 0 Å². The summed E-state index contributed by atoms with van der Waals surface area (Å²) in [5.41, 5.74) is 7.91. The Morgan fingerprint density at radius 3 is 1.46 bits per heavy atom. The lowest BCUT2D eigenvalue weighted by molar-refractivity contribution is 0.0685. The van der Waals surface area contributed by atoms with Crippen LogP contribution in [0.1, 0.15) is 50.4 Å². The van der Waals surface area contributed by atoms with Gasteiger partial charge in [0.1, 0.15) is 11.6 Å². The second kappa shape index (κ2) is 16.2. The maximum Gasteiger partial charge on any atom is 0.335 e. The predicted molar refractivity (Wildman–Crippen MR) is 174 cm³/mol. The number of nitrogen functional groups attached to an aromatic ring is 1. The Labute approximate surface area is 271 Å². The van der Waals surface area contributed by atoms with Crippen LogP contribution in [0.3, 0.4) is 0 Å². The van der Waals surface area contributed by atoms with Crippen LogP contribution < -0.4 is 10.5 Å². The largest absolute Gasteiger partial charge is 0.478 e. The zero-order chi connectivity index (χ0) is 34.3. The molecule has 0 bridgehead atoms. The van der Waals surface area contributed by atoms with Gasteiger partial charge in [0, 0.05) is 22.1 Å². The van der Waals surface area contributed by atoms with E-state index in [0.717, 1.165) is 12.1 Å². The molecule has 15 heteroatoms. The number of carbonyl (C=O) groups is 2. The zero-order valence-electron chi connectivity index (χ0n) is 24.3. The van der Waals surface area contributed by atoms with Crippen LogP contribution in [0.25, 0.3) is 0 Å². The molecule has 0 atom stereocenters. The number of nitrogens with two attached hydrogens (primary N) is 1. The third kappa shape index (κ3) is 11.1. The van der Waals surface area contributed by atoms with Crippen LogP contribution in [-0.2, 0) is 19.1 Å². The van der Waals surface area contributed by atoms with E-state index in [9.17, 15) is 35.2 Å². The van der Waals surface area contributed by atoms with Crippen LogP contribution in [0, 0.1) is 39.3 Å². The SMILES string of the molecule is C.Cc1cc(N)cc(C)c1F.Cc1cc(NS(=O)(=O)c2cccc(C(=O)O)c2)cc(C)c1F.O=C(O)c1cccc(S(=O)(=O)Cl)c1. The van der Waals surface area contributed by atoms with Crippen molar-refractivity contribution in [3.8, 4) is 0 Å². The van der Waals surface area contributed by atoms with Gasteiger partial charge in [-0.2, -0.15) is 0 Å². The van der Waals surface area contributed by atoms with Crippen molar-refractivity contribution in [1.29, 1.82) is 0 Å². The number of anilines is 2. The second-order valence-electron chi connectivity index (χ2n) is 9.60. The quantitative estimate of drug-likeness (QED) is 0.123. The molecular formula is C31H33ClF2N2O8S2. The number of rotatable bonds is 6. The van der Waals surface area contributed by atoms with Crippen LogP contribution in [0.2, 0.25) is 0 Å². The third-order valence-electron chi connectivity index (χ3n) is 5.90. The molecule has 0 fully saturated rings. The molecule has 0 saturated heterocycles. The van der Waals surface area contributed by atoms with Gasteiger partial charge in [0.25, 0.3) is 19.1 Å². The van der Waals surface area contributed by atoms with Crippen molar-refractivity contribution in [2.75, 3.05) is 10.5 Å². The van der Waals surface area contributed by atoms with Crippen molar-refractivity contribution >= 4 is 53.1 Å². The highest BCUT2D eigenvalue weighted by atomic mass is 35.7. The first kappa shape index (κ1) is 39.5. The molecule has 0 amide bonds. The summed E-state index contributed by atoms with van der Waals surface area (Å²) in [6, 6.07) is 15.8. The Morgan fingerprint density at radius 1 is 0.696 bits per heavy atom. The predicted octanol–water partition coefficient (Wildman–Crippen LogP) is 6.91. The molecule has 0 heterocycles. The lowest BCUT2D eigenvalue weighted by Crippen LogP contribution is -2.14. The fourth-order valence-corrected chi connectivity index (χ4v) is 5.66. The van der Waals surface area contributed by atoms with Crippen molar-refractivity contribution in [3.63, 3.8) is 0 Å². The summed E-state index contributed by atoms with van der Waals surface area (Å²) in [7, 11) is -2.79. The highest BCUT2D eigenvalue weighted by Crippen LogP contribution is 2.22. The van der Waals surface area contributed by atoms with Gasteiger partial charge in [-0.15, -0.1) is 0 Å². The molecule has 0 aliphatic carbocycles. The maximum absolute atomic E-state index is 13.6. The minimum Gasteiger partial charge on any atom is -0.478 e. The summed E-state index contributed by atoms with van der Waals surface area (Å²) in [6.45, 7) is 6.48. The molecule has 0 aliphatic rings. The van der Waals surface area contributed by atoms with Crippen LogP contribution in [0.4, 0.5) is 20.2 Å². The standard InChI is InChI=1S/C15H14FNO4S.C8H10FN.C7H5ClO4S.CH4/c1-9-6-12(7-10(2)14(9)16)17-22(20,21)13-5-3-4-11(8-13)15(18)19;1-5-3-7(10)4-6(2)8(5)9;8-13(11,12)6-3-1-2-5(4-6)7(9)10;/h3-8,17H,1-2H3,(H,18,19);3-4H,10H2,1-2H3;1-4H,(H,9,10);1H4. The molecule has 0 radical (unpaired) electrons. The topological polar surface area (TPSA) is 181 Å². The van der Waals surface area contributed by atoms with Gasteiger partial charge in [-0.25, -0.2) is 35.2 Å². The third-order valence-corrected chi connectivity index (χ3v) is 8.63. The van der Waals surface area contributed by atoms with Crippen LogP contribution in [-0.4, -0.2) is 39.0 Å². The molecule has 4 aromatic carbocycles. The fourth-order valence-electron chi connectivity index (χ4n) is 3.78. The van der Waals surface area contributed by atoms with Crippen molar-refractivity contribution in [3.05, 3.63) is 118 Å². The molecule has 0 saturated carbocycles. The van der Waals surface area contributed by atoms with E-state index in [1.54, 1.807) is 26.0 Å². The van der Waals surface area contributed by atoms with Crippen molar-refractivity contribution in [2.45, 2.75) is 44.9 Å². The highest BCUT2D eigenvalue weighted by Gasteiger charge is 2.17. The Bertz CT molecular complexity index is 1920. The number of aromatic carboxylic acids is 2. The van der Waals surface area contributed by atoms with Crippen LogP contribution in [0.5, 0.6) is 0 Å². The first-order valence-electron chi connectivity index (χ1n) is 12.7. The summed E-state index contributed by atoms with van der Waals surface area (Å²) in [4.78, 5) is 21.0. The van der Waals surface area contributed by atoms with E-state index in [-0.39, 0.29) is 39.8 Å². The molecule has 5 N–H and O–H groups in total. The molecule has 0 aromatic heterocycles. The number of hydrogen-bond acceptors (Lipinski definition) is 7. The Balaban J connectivity index is 0.000000375. The Morgan fingerprint density at radius 2 is 1.07 bits per heavy atom. The van der Waals surface area contributed by atoms with E-state index < -0.39 is 36.8 Å². The van der Waals surface area contributed by atoms with Gasteiger partial charge in [-0.1, -0.05) is 19.6 Å². The molecule has 46 heavy (non-hydrogen) atoms. The number of carboxylic acid groups (broad SMARTS) is 2. The summed E-state index contributed by atoms with van der Waals surface area (Å²) >= 11 is 0. The minimum absolute atomic E-state index is 0. The summed E-state index contributed by atoms with van der Waals surface area (Å²) in [6.07, 6.45) is 0. The van der Waals surface area contributed by atoms with E-state index in [4.69, 9.17) is 26.6 Å². The normalized spacial score (nSPS) is 10.7. The lowest BCUT2D eigenvalue weighted by atomic mass is 10.1. The number of benzene rings is 4. The first-order chi connectivity index (χ1) is 20.7. The second-order valence-corrected chi connectivity index (χ2v) is 13.9. The summed E-state index contributed by atoms with van der Waals surface area (Å²) in [5, 5.41) is 17.4. The van der Waals surface area contributed by atoms with Crippen LogP contribution in [0.15, 0.2) is 82.6 Å². The van der Waals surface area contributed by atoms with E-state index in [1.807, 2.05) is 0 Å². The molecule has 10 nitrogen and oxygen atoms in total. The average molecular weight is 699 g/mol. The number of halogens is 3. The maximum atomic E-state index is 13.6. The zero-order valence-corrected chi connectivity index (χ0v) is 26.7. The van der Waals surface area contributed by atoms with Crippen LogP contribution >= 0.6 is 10.7 Å². The summed E-state index contributed by atoms with van der Waals surface area (Å²) in [5.74, 6) is -2.96. The number of sulfonamides is 1. The van der Waals surface area contributed by atoms with E-state index >= 15 is 0 Å². The van der Waals surface area contributed by atoms with Crippen molar-refractivity contribution < 1.29 is 45.4 Å². The molecule has 248 valence electrons. The van der Waals surface area contributed by atoms with Gasteiger partial charge in [0.05, 0.1) is 20.9 Å². The molecular weight excluding hydrogens is 666 g/mol. The van der Waals surface area contributed by atoms with Gasteiger partial charge < -0.3 is 15.9 Å².